The Hall–Kier alpha value is -2.54. The first-order chi connectivity index (χ1) is 11.1. The molecule has 5 nitrogen and oxygen atoms in total. The summed E-state index contributed by atoms with van der Waals surface area (Å²) in [6, 6.07) is 8.63. The third-order valence-corrected chi connectivity index (χ3v) is 4.31. The van der Waals surface area contributed by atoms with Gasteiger partial charge in [-0.15, -0.1) is 16.4 Å². The second-order valence-corrected chi connectivity index (χ2v) is 6.10. The van der Waals surface area contributed by atoms with Crippen molar-refractivity contribution in [3.05, 3.63) is 63.9 Å². The molecular weight excluding hydrogens is 315 g/mol. The first kappa shape index (κ1) is 15.4. The fourth-order valence-electron chi connectivity index (χ4n) is 2.11. The molecule has 0 radical (unpaired) electrons. The molecule has 23 heavy (non-hydrogen) atoms. The Morgan fingerprint density at radius 3 is 3.00 bits per heavy atom. The molecule has 0 aliphatic carbocycles. The van der Waals surface area contributed by atoms with E-state index in [-0.39, 0.29) is 17.4 Å². The maximum absolute atomic E-state index is 13.3. The van der Waals surface area contributed by atoms with Gasteiger partial charge in [-0.2, -0.15) is 0 Å². The van der Waals surface area contributed by atoms with Crippen molar-refractivity contribution in [3.8, 4) is 5.69 Å². The molecule has 0 aliphatic rings. The summed E-state index contributed by atoms with van der Waals surface area (Å²) in [5, 5.41) is 12.6. The van der Waals surface area contributed by atoms with Crippen molar-refractivity contribution in [3.63, 3.8) is 0 Å². The van der Waals surface area contributed by atoms with E-state index in [0.717, 1.165) is 6.42 Å². The lowest BCUT2D eigenvalue weighted by Gasteiger charge is -2.02. The van der Waals surface area contributed by atoms with Crippen LogP contribution in [0.4, 0.5) is 4.39 Å². The summed E-state index contributed by atoms with van der Waals surface area (Å²) in [5.41, 5.74) is 1.41. The van der Waals surface area contributed by atoms with Gasteiger partial charge in [-0.1, -0.05) is 11.3 Å². The Labute approximate surface area is 136 Å². The number of carbonyl (C=O) groups excluding carboxylic acids is 1. The van der Waals surface area contributed by atoms with Crippen LogP contribution in [0.25, 0.3) is 5.69 Å². The Morgan fingerprint density at radius 1 is 1.39 bits per heavy atom. The standard InChI is InChI=1S/C16H15FN4OS/c1-11-9-12(4-5-14(11)17)21-10-15(19-20-21)16(22)18-7-6-13-3-2-8-23-13/h2-5,8-10H,6-7H2,1H3,(H,18,22). The van der Waals surface area contributed by atoms with E-state index in [1.165, 1.54) is 21.8 Å². The summed E-state index contributed by atoms with van der Waals surface area (Å²) in [6.07, 6.45) is 2.32. The molecule has 7 heteroatoms. The van der Waals surface area contributed by atoms with E-state index in [4.69, 9.17) is 0 Å². The second-order valence-electron chi connectivity index (χ2n) is 5.07. The largest absolute Gasteiger partial charge is 0.350 e. The highest BCUT2D eigenvalue weighted by Crippen LogP contribution is 2.13. The molecule has 0 atom stereocenters. The lowest BCUT2D eigenvalue weighted by atomic mass is 10.2. The van der Waals surface area contributed by atoms with Crippen molar-refractivity contribution in [2.45, 2.75) is 13.3 Å². The van der Waals surface area contributed by atoms with Gasteiger partial charge in [-0.3, -0.25) is 4.79 Å². The molecule has 0 unspecified atom stereocenters. The number of benzene rings is 1. The van der Waals surface area contributed by atoms with E-state index >= 15 is 0 Å². The number of carbonyl (C=O) groups is 1. The zero-order valence-corrected chi connectivity index (χ0v) is 13.3. The van der Waals surface area contributed by atoms with Crippen molar-refractivity contribution >= 4 is 17.2 Å². The van der Waals surface area contributed by atoms with Crippen molar-refractivity contribution in [2.24, 2.45) is 0 Å². The van der Waals surface area contributed by atoms with Crippen LogP contribution in [0.3, 0.4) is 0 Å². The van der Waals surface area contributed by atoms with E-state index in [2.05, 4.69) is 15.6 Å². The third kappa shape index (κ3) is 3.62. The molecule has 2 heterocycles. The van der Waals surface area contributed by atoms with Gasteiger partial charge >= 0.3 is 0 Å². The normalized spacial score (nSPS) is 10.7. The molecule has 1 aromatic carbocycles. The molecule has 2 aromatic heterocycles. The van der Waals surface area contributed by atoms with Gasteiger partial charge in [-0.25, -0.2) is 9.07 Å². The lowest BCUT2D eigenvalue weighted by molar-refractivity contribution is 0.0949. The Bertz CT molecular complexity index is 813. The number of halogens is 1. The minimum Gasteiger partial charge on any atom is -0.350 e. The number of nitrogens with one attached hydrogen (secondary N) is 1. The van der Waals surface area contributed by atoms with Crippen LogP contribution in [0.15, 0.2) is 41.9 Å². The summed E-state index contributed by atoms with van der Waals surface area (Å²) in [7, 11) is 0. The maximum Gasteiger partial charge on any atom is 0.273 e. The van der Waals surface area contributed by atoms with Crippen LogP contribution < -0.4 is 5.32 Å². The van der Waals surface area contributed by atoms with Gasteiger partial charge in [0.05, 0.1) is 11.9 Å². The first-order valence-corrected chi connectivity index (χ1v) is 8.01. The van der Waals surface area contributed by atoms with Crippen LogP contribution >= 0.6 is 11.3 Å². The molecule has 118 valence electrons. The summed E-state index contributed by atoms with van der Waals surface area (Å²) in [4.78, 5) is 13.3. The Balaban J connectivity index is 1.63. The Kier molecular flexibility index (Phi) is 4.47. The van der Waals surface area contributed by atoms with Gasteiger partial charge in [0.1, 0.15) is 5.82 Å². The molecule has 0 saturated heterocycles. The van der Waals surface area contributed by atoms with Crippen molar-refractivity contribution in [2.75, 3.05) is 6.54 Å². The SMILES string of the molecule is Cc1cc(-n2cc(C(=O)NCCc3cccs3)nn2)ccc1F. The Morgan fingerprint density at radius 2 is 2.26 bits per heavy atom. The molecule has 0 bridgehead atoms. The molecule has 3 aromatic rings. The highest BCUT2D eigenvalue weighted by molar-refractivity contribution is 7.09. The summed E-state index contributed by atoms with van der Waals surface area (Å²) in [6.45, 7) is 2.22. The quantitative estimate of drug-likeness (QED) is 0.782. The monoisotopic (exact) mass is 330 g/mol. The maximum atomic E-state index is 13.3. The van der Waals surface area contributed by atoms with E-state index < -0.39 is 0 Å². The summed E-state index contributed by atoms with van der Waals surface area (Å²) >= 11 is 1.66. The fourth-order valence-corrected chi connectivity index (χ4v) is 2.82. The zero-order valence-electron chi connectivity index (χ0n) is 12.5. The molecule has 0 saturated carbocycles. The molecule has 1 N–H and O–H groups in total. The fraction of sp³-hybridized carbons (Fsp3) is 0.188. The summed E-state index contributed by atoms with van der Waals surface area (Å²) < 4.78 is 14.8. The average molecular weight is 330 g/mol. The topological polar surface area (TPSA) is 59.8 Å². The van der Waals surface area contributed by atoms with Gasteiger partial charge in [0.25, 0.3) is 5.91 Å². The van der Waals surface area contributed by atoms with Crippen LogP contribution in [-0.2, 0) is 6.42 Å². The minimum absolute atomic E-state index is 0.234. The predicted octanol–water partition coefficient (Wildman–Crippen LogP) is 2.75. The van der Waals surface area contributed by atoms with Crippen LogP contribution in [0.1, 0.15) is 20.9 Å². The van der Waals surface area contributed by atoms with Crippen molar-refractivity contribution < 1.29 is 9.18 Å². The van der Waals surface area contributed by atoms with Gasteiger partial charge in [-0.05, 0) is 48.6 Å². The lowest BCUT2D eigenvalue weighted by Crippen LogP contribution is -2.25. The van der Waals surface area contributed by atoms with Crippen LogP contribution in [-0.4, -0.2) is 27.4 Å². The predicted molar refractivity (Wildman–Crippen MR) is 86.4 cm³/mol. The highest BCUT2D eigenvalue weighted by Gasteiger charge is 2.11. The van der Waals surface area contributed by atoms with Crippen molar-refractivity contribution in [1.82, 2.24) is 20.3 Å². The number of nitrogens with zero attached hydrogens (tertiary/aromatic N) is 3. The van der Waals surface area contributed by atoms with Crippen molar-refractivity contribution in [1.29, 1.82) is 0 Å². The molecule has 1 amide bonds. The highest BCUT2D eigenvalue weighted by atomic mass is 32.1. The average Bonchev–Trinajstić information content (AvgIpc) is 3.21. The van der Waals surface area contributed by atoms with Crippen LogP contribution in [0, 0.1) is 12.7 Å². The number of thiophene rings is 1. The van der Waals surface area contributed by atoms with Gasteiger partial charge < -0.3 is 5.32 Å². The van der Waals surface area contributed by atoms with Gasteiger partial charge in [0.2, 0.25) is 0 Å². The minimum atomic E-state index is -0.277. The number of hydrogen-bond acceptors (Lipinski definition) is 4. The van der Waals surface area contributed by atoms with Gasteiger partial charge in [0.15, 0.2) is 5.69 Å². The van der Waals surface area contributed by atoms with E-state index in [1.54, 1.807) is 30.4 Å². The van der Waals surface area contributed by atoms with E-state index in [9.17, 15) is 9.18 Å². The first-order valence-electron chi connectivity index (χ1n) is 7.13. The third-order valence-electron chi connectivity index (χ3n) is 3.37. The molecule has 0 fully saturated rings. The zero-order chi connectivity index (χ0) is 16.2. The summed E-state index contributed by atoms with van der Waals surface area (Å²) in [5.74, 6) is -0.549. The van der Waals surface area contributed by atoms with Gasteiger partial charge in [0, 0.05) is 11.4 Å². The number of aryl methyl sites for hydroxylation is 1. The molecule has 0 aliphatic heterocycles. The second kappa shape index (κ2) is 6.70. The van der Waals surface area contributed by atoms with E-state index in [1.807, 2.05) is 17.5 Å². The number of amides is 1. The number of rotatable bonds is 5. The molecule has 0 spiro atoms. The molecule has 3 rings (SSSR count). The smallest absolute Gasteiger partial charge is 0.273 e. The van der Waals surface area contributed by atoms with Crippen LogP contribution in [0.5, 0.6) is 0 Å². The number of hydrogen-bond donors (Lipinski definition) is 1. The number of aromatic nitrogens is 3. The van der Waals surface area contributed by atoms with E-state index in [0.29, 0.717) is 17.8 Å². The van der Waals surface area contributed by atoms with Crippen LogP contribution in [0.2, 0.25) is 0 Å². The molecular formula is C16H15FN4OS.